The molecule has 0 bridgehead atoms. The third kappa shape index (κ3) is 3.85. The number of rotatable bonds is 5. The SMILES string of the molecule is O=C(COCCC(F)(F)F)c1ccc2c(c1)OCO2. The third-order valence-electron chi connectivity index (χ3n) is 2.46. The highest BCUT2D eigenvalue weighted by Crippen LogP contribution is 2.32. The summed E-state index contributed by atoms with van der Waals surface area (Å²) in [4.78, 5) is 11.7. The number of alkyl halides is 3. The number of ether oxygens (including phenoxy) is 3. The van der Waals surface area contributed by atoms with Crippen molar-refractivity contribution in [1.29, 1.82) is 0 Å². The first kappa shape index (κ1) is 13.7. The molecule has 0 unspecified atom stereocenters. The number of carbonyl (C=O) groups excluding carboxylic acids is 1. The van der Waals surface area contributed by atoms with Gasteiger partial charge in [0.05, 0.1) is 13.0 Å². The summed E-state index contributed by atoms with van der Waals surface area (Å²) in [5, 5.41) is 0. The molecule has 0 radical (unpaired) electrons. The van der Waals surface area contributed by atoms with E-state index in [1.54, 1.807) is 6.07 Å². The van der Waals surface area contributed by atoms with Gasteiger partial charge >= 0.3 is 6.18 Å². The van der Waals surface area contributed by atoms with Gasteiger partial charge in [-0.2, -0.15) is 13.2 Å². The van der Waals surface area contributed by atoms with Gasteiger partial charge in [0.15, 0.2) is 17.3 Å². The van der Waals surface area contributed by atoms with Gasteiger partial charge in [-0.25, -0.2) is 0 Å². The van der Waals surface area contributed by atoms with E-state index in [-0.39, 0.29) is 6.79 Å². The predicted molar refractivity (Wildman–Crippen MR) is 58.4 cm³/mol. The number of hydrogen-bond acceptors (Lipinski definition) is 4. The summed E-state index contributed by atoms with van der Waals surface area (Å²) < 4.78 is 50.5. The van der Waals surface area contributed by atoms with E-state index >= 15 is 0 Å². The summed E-state index contributed by atoms with van der Waals surface area (Å²) in [5.41, 5.74) is 0.316. The molecular formula is C12H11F3O4. The molecule has 0 atom stereocenters. The fourth-order valence-electron chi connectivity index (χ4n) is 1.51. The Labute approximate surface area is 107 Å². The van der Waals surface area contributed by atoms with Gasteiger partial charge in [-0.15, -0.1) is 0 Å². The van der Waals surface area contributed by atoms with Crippen LogP contribution in [0.5, 0.6) is 11.5 Å². The summed E-state index contributed by atoms with van der Waals surface area (Å²) in [5.74, 6) is 0.580. The molecule has 2 rings (SSSR count). The number of ketones is 1. The van der Waals surface area contributed by atoms with E-state index in [9.17, 15) is 18.0 Å². The fraction of sp³-hybridized carbons (Fsp3) is 0.417. The summed E-state index contributed by atoms with van der Waals surface area (Å²) in [7, 11) is 0. The largest absolute Gasteiger partial charge is 0.454 e. The molecule has 1 aromatic rings. The average molecular weight is 276 g/mol. The minimum Gasteiger partial charge on any atom is -0.454 e. The Morgan fingerprint density at radius 1 is 1.26 bits per heavy atom. The number of hydrogen-bond donors (Lipinski definition) is 0. The van der Waals surface area contributed by atoms with E-state index in [1.807, 2.05) is 0 Å². The number of fused-ring (bicyclic) bond motifs is 1. The molecule has 0 spiro atoms. The van der Waals surface area contributed by atoms with Crippen molar-refractivity contribution in [3.05, 3.63) is 23.8 Å². The molecule has 1 heterocycles. The summed E-state index contributed by atoms with van der Waals surface area (Å²) in [6.07, 6.45) is -5.34. The lowest BCUT2D eigenvalue weighted by Crippen LogP contribution is -2.15. The predicted octanol–water partition coefficient (Wildman–Crippen LogP) is 2.57. The van der Waals surface area contributed by atoms with Crippen molar-refractivity contribution >= 4 is 5.78 Å². The molecule has 0 aliphatic carbocycles. The minimum atomic E-state index is -4.28. The second-order valence-corrected chi connectivity index (χ2v) is 3.91. The lowest BCUT2D eigenvalue weighted by Gasteiger charge is -2.07. The fourth-order valence-corrected chi connectivity index (χ4v) is 1.51. The van der Waals surface area contributed by atoms with Gasteiger partial charge in [0.1, 0.15) is 6.61 Å². The number of carbonyl (C=O) groups is 1. The number of benzene rings is 1. The van der Waals surface area contributed by atoms with Gasteiger partial charge in [-0.3, -0.25) is 4.79 Å². The highest BCUT2D eigenvalue weighted by atomic mass is 19.4. The topological polar surface area (TPSA) is 44.8 Å². The number of halogens is 3. The molecule has 0 fully saturated rings. The molecule has 1 aliphatic rings. The lowest BCUT2D eigenvalue weighted by atomic mass is 10.1. The molecule has 0 amide bonds. The molecule has 0 saturated carbocycles. The molecule has 19 heavy (non-hydrogen) atoms. The molecule has 7 heteroatoms. The second-order valence-electron chi connectivity index (χ2n) is 3.91. The Hall–Kier alpha value is -1.76. The molecule has 1 aromatic carbocycles. The van der Waals surface area contributed by atoms with E-state index in [0.29, 0.717) is 17.1 Å². The van der Waals surface area contributed by atoms with Crippen LogP contribution in [-0.4, -0.2) is 32.0 Å². The summed E-state index contributed by atoms with van der Waals surface area (Å²) in [6, 6.07) is 4.58. The van der Waals surface area contributed by atoms with E-state index in [0.717, 1.165) is 0 Å². The molecular weight excluding hydrogens is 265 g/mol. The average Bonchev–Trinajstić information content (AvgIpc) is 2.80. The van der Waals surface area contributed by atoms with Crippen LogP contribution in [0.25, 0.3) is 0 Å². The van der Waals surface area contributed by atoms with Gasteiger partial charge < -0.3 is 14.2 Å². The van der Waals surface area contributed by atoms with E-state index in [2.05, 4.69) is 0 Å². The van der Waals surface area contributed by atoms with Crippen LogP contribution in [0.4, 0.5) is 13.2 Å². The van der Waals surface area contributed by atoms with Crippen LogP contribution >= 0.6 is 0 Å². The first-order chi connectivity index (χ1) is 8.96. The maximum Gasteiger partial charge on any atom is 0.391 e. The zero-order valence-electron chi connectivity index (χ0n) is 9.83. The smallest absolute Gasteiger partial charge is 0.391 e. The van der Waals surface area contributed by atoms with Crippen LogP contribution in [0.2, 0.25) is 0 Å². The van der Waals surface area contributed by atoms with Gasteiger partial charge in [-0.1, -0.05) is 0 Å². The quantitative estimate of drug-likeness (QED) is 0.612. The van der Waals surface area contributed by atoms with Crippen LogP contribution in [0.15, 0.2) is 18.2 Å². The van der Waals surface area contributed by atoms with Gasteiger partial charge in [0.25, 0.3) is 0 Å². The standard InChI is InChI=1S/C12H11F3O4/c13-12(14,15)3-4-17-6-9(16)8-1-2-10-11(5-8)19-7-18-10/h1-2,5H,3-4,6-7H2. The van der Waals surface area contributed by atoms with Crippen molar-refractivity contribution in [3.63, 3.8) is 0 Å². The van der Waals surface area contributed by atoms with Gasteiger partial charge in [0, 0.05) is 5.56 Å². The van der Waals surface area contributed by atoms with Crippen molar-refractivity contribution < 1.29 is 32.2 Å². The Kier molecular flexibility index (Phi) is 3.94. The molecule has 104 valence electrons. The van der Waals surface area contributed by atoms with Crippen LogP contribution in [-0.2, 0) is 4.74 Å². The normalized spacial score (nSPS) is 13.6. The minimum absolute atomic E-state index is 0.0923. The van der Waals surface area contributed by atoms with Crippen molar-refractivity contribution in [3.8, 4) is 11.5 Å². The summed E-state index contributed by atoms with van der Waals surface area (Å²) in [6.45, 7) is -0.829. The third-order valence-corrected chi connectivity index (χ3v) is 2.46. The summed E-state index contributed by atoms with van der Waals surface area (Å²) >= 11 is 0. The Bertz CT molecular complexity index is 471. The molecule has 4 nitrogen and oxygen atoms in total. The maximum absolute atomic E-state index is 11.9. The van der Waals surface area contributed by atoms with Crippen LogP contribution in [0.1, 0.15) is 16.8 Å². The highest BCUT2D eigenvalue weighted by molar-refractivity contribution is 5.97. The van der Waals surface area contributed by atoms with Crippen LogP contribution in [0, 0.1) is 0 Å². The van der Waals surface area contributed by atoms with Crippen LogP contribution < -0.4 is 9.47 Å². The molecule has 0 N–H and O–H groups in total. The molecule has 0 aromatic heterocycles. The second kappa shape index (κ2) is 5.48. The van der Waals surface area contributed by atoms with E-state index in [4.69, 9.17) is 14.2 Å². The monoisotopic (exact) mass is 276 g/mol. The van der Waals surface area contributed by atoms with E-state index in [1.165, 1.54) is 12.1 Å². The van der Waals surface area contributed by atoms with E-state index < -0.39 is 31.6 Å². The van der Waals surface area contributed by atoms with Gasteiger partial charge in [0.2, 0.25) is 6.79 Å². The maximum atomic E-state index is 11.9. The Morgan fingerprint density at radius 3 is 2.74 bits per heavy atom. The van der Waals surface area contributed by atoms with Crippen molar-refractivity contribution in [2.24, 2.45) is 0 Å². The zero-order valence-corrected chi connectivity index (χ0v) is 9.83. The number of Topliss-reactive ketones (excluding diaryl/α,β-unsaturated/α-hetero) is 1. The van der Waals surface area contributed by atoms with Crippen molar-refractivity contribution in [2.75, 3.05) is 20.0 Å². The van der Waals surface area contributed by atoms with Gasteiger partial charge in [-0.05, 0) is 18.2 Å². The highest BCUT2D eigenvalue weighted by Gasteiger charge is 2.26. The Balaban J connectivity index is 1.83. The molecule has 1 aliphatic heterocycles. The lowest BCUT2D eigenvalue weighted by molar-refractivity contribution is -0.144. The first-order valence-corrected chi connectivity index (χ1v) is 5.53. The Morgan fingerprint density at radius 2 is 2.00 bits per heavy atom. The first-order valence-electron chi connectivity index (χ1n) is 5.53. The zero-order chi connectivity index (χ0) is 13.9. The molecule has 0 saturated heterocycles. The van der Waals surface area contributed by atoms with Crippen molar-refractivity contribution in [2.45, 2.75) is 12.6 Å². The van der Waals surface area contributed by atoms with Crippen LogP contribution in [0.3, 0.4) is 0 Å². The van der Waals surface area contributed by atoms with Crippen molar-refractivity contribution in [1.82, 2.24) is 0 Å².